The molecule has 9 heteroatoms. The van der Waals surface area contributed by atoms with Crippen molar-refractivity contribution in [2.24, 2.45) is 0 Å². The first-order valence-corrected chi connectivity index (χ1v) is 7.14. The quantitative estimate of drug-likeness (QED) is 0.549. The van der Waals surface area contributed by atoms with Gasteiger partial charge >= 0.3 is 0 Å². The van der Waals surface area contributed by atoms with E-state index in [1.165, 1.54) is 4.80 Å². The minimum Gasteiger partial charge on any atom is -0.359 e. The minimum absolute atomic E-state index is 0.0584. The van der Waals surface area contributed by atoms with Gasteiger partial charge in [-0.15, -0.1) is 10.2 Å². The second-order valence-electron chi connectivity index (χ2n) is 4.81. The third kappa shape index (κ3) is 4.77. The second kappa shape index (κ2) is 7.46. The first kappa shape index (κ1) is 15.8. The molecule has 2 aromatic rings. The summed E-state index contributed by atoms with van der Waals surface area (Å²) in [6.07, 6.45) is 0. The van der Waals surface area contributed by atoms with Crippen molar-refractivity contribution in [1.29, 1.82) is 0 Å². The molecule has 0 unspecified atom stereocenters. The van der Waals surface area contributed by atoms with Crippen molar-refractivity contribution in [3.05, 3.63) is 30.3 Å². The first-order valence-electron chi connectivity index (χ1n) is 6.73. The zero-order valence-corrected chi connectivity index (χ0v) is 13.1. The van der Waals surface area contributed by atoms with E-state index in [0.29, 0.717) is 10.9 Å². The molecular formula is C13H17N7OS. The van der Waals surface area contributed by atoms with Gasteiger partial charge in [0.2, 0.25) is 5.82 Å². The number of hydrogen-bond acceptors (Lipinski definition) is 5. The summed E-state index contributed by atoms with van der Waals surface area (Å²) < 4.78 is 0. The van der Waals surface area contributed by atoms with E-state index in [4.69, 9.17) is 12.2 Å². The van der Waals surface area contributed by atoms with Crippen molar-refractivity contribution in [3.8, 4) is 11.4 Å². The van der Waals surface area contributed by atoms with Crippen LogP contribution in [-0.4, -0.2) is 37.3 Å². The Morgan fingerprint density at radius 2 is 2.00 bits per heavy atom. The summed E-state index contributed by atoms with van der Waals surface area (Å²) in [6, 6.07) is 9.60. The van der Waals surface area contributed by atoms with Gasteiger partial charge < -0.3 is 5.32 Å². The summed E-state index contributed by atoms with van der Waals surface area (Å²) >= 11 is 4.99. The molecule has 0 aliphatic heterocycles. The zero-order valence-electron chi connectivity index (χ0n) is 12.3. The molecule has 0 atom stereocenters. The Morgan fingerprint density at radius 3 is 2.68 bits per heavy atom. The SMILES string of the molecule is CC(C)NC(=S)NNC(=O)Cn1nnc(-c2ccccc2)n1. The van der Waals surface area contributed by atoms with Gasteiger partial charge in [-0.05, 0) is 31.3 Å². The summed E-state index contributed by atoms with van der Waals surface area (Å²) in [6.45, 7) is 3.83. The molecule has 1 heterocycles. The molecular weight excluding hydrogens is 302 g/mol. The normalized spacial score (nSPS) is 10.3. The fourth-order valence-electron chi connectivity index (χ4n) is 1.61. The number of aromatic nitrogens is 4. The van der Waals surface area contributed by atoms with Gasteiger partial charge in [-0.1, -0.05) is 30.3 Å². The molecule has 1 amide bonds. The van der Waals surface area contributed by atoms with Crippen molar-refractivity contribution in [2.45, 2.75) is 26.4 Å². The number of amides is 1. The highest BCUT2D eigenvalue weighted by Crippen LogP contribution is 2.11. The monoisotopic (exact) mass is 319 g/mol. The summed E-state index contributed by atoms with van der Waals surface area (Å²) in [5.41, 5.74) is 5.91. The molecule has 0 aliphatic rings. The van der Waals surface area contributed by atoms with Crippen molar-refractivity contribution in [1.82, 2.24) is 36.4 Å². The molecule has 0 spiro atoms. The lowest BCUT2D eigenvalue weighted by Gasteiger charge is -2.13. The molecule has 22 heavy (non-hydrogen) atoms. The van der Waals surface area contributed by atoms with Gasteiger partial charge in [0.05, 0.1) is 0 Å². The van der Waals surface area contributed by atoms with E-state index in [-0.39, 0.29) is 18.5 Å². The Kier molecular flexibility index (Phi) is 5.37. The van der Waals surface area contributed by atoms with Crippen molar-refractivity contribution in [2.75, 3.05) is 0 Å². The van der Waals surface area contributed by atoms with Gasteiger partial charge in [0.25, 0.3) is 5.91 Å². The van der Waals surface area contributed by atoms with Gasteiger partial charge in [0.1, 0.15) is 6.54 Å². The van der Waals surface area contributed by atoms with Crippen molar-refractivity contribution in [3.63, 3.8) is 0 Å². The van der Waals surface area contributed by atoms with Gasteiger partial charge in [-0.3, -0.25) is 15.6 Å². The molecule has 0 bridgehead atoms. The number of nitrogens with zero attached hydrogens (tertiary/aromatic N) is 4. The van der Waals surface area contributed by atoms with Gasteiger partial charge in [0.15, 0.2) is 5.11 Å². The largest absolute Gasteiger partial charge is 0.359 e. The Balaban J connectivity index is 1.85. The van der Waals surface area contributed by atoms with Crippen LogP contribution in [0, 0.1) is 0 Å². The van der Waals surface area contributed by atoms with Crippen LogP contribution < -0.4 is 16.2 Å². The first-order chi connectivity index (χ1) is 10.5. The van der Waals surface area contributed by atoms with E-state index >= 15 is 0 Å². The standard InChI is InChI=1S/C13H17N7OS/c1-9(2)14-13(22)17-15-11(21)8-20-18-12(16-19-20)10-6-4-3-5-7-10/h3-7,9H,8H2,1-2H3,(H,15,21)(H2,14,17,22). The smallest absolute Gasteiger partial charge is 0.262 e. The number of hydrogen-bond donors (Lipinski definition) is 3. The number of thiocarbonyl (C=S) groups is 1. The molecule has 0 radical (unpaired) electrons. The molecule has 1 aromatic carbocycles. The highest BCUT2D eigenvalue weighted by Gasteiger charge is 2.09. The average Bonchev–Trinajstić information content (AvgIpc) is 2.94. The van der Waals surface area contributed by atoms with Gasteiger partial charge in [-0.2, -0.15) is 4.80 Å². The highest BCUT2D eigenvalue weighted by atomic mass is 32.1. The molecule has 0 saturated heterocycles. The van der Waals surface area contributed by atoms with Crippen molar-refractivity contribution >= 4 is 23.2 Å². The lowest BCUT2D eigenvalue weighted by atomic mass is 10.2. The molecule has 8 nitrogen and oxygen atoms in total. The predicted molar refractivity (Wildman–Crippen MR) is 85.4 cm³/mol. The maximum atomic E-state index is 11.8. The molecule has 0 aliphatic carbocycles. The summed E-state index contributed by atoms with van der Waals surface area (Å²) in [7, 11) is 0. The van der Waals surface area contributed by atoms with Crippen LogP contribution in [-0.2, 0) is 11.3 Å². The van der Waals surface area contributed by atoms with E-state index in [1.807, 2.05) is 44.2 Å². The van der Waals surface area contributed by atoms with E-state index in [9.17, 15) is 4.79 Å². The van der Waals surface area contributed by atoms with Crippen LogP contribution in [0.15, 0.2) is 30.3 Å². The number of benzene rings is 1. The Morgan fingerprint density at radius 1 is 1.27 bits per heavy atom. The van der Waals surface area contributed by atoms with Gasteiger partial charge in [-0.25, -0.2) is 0 Å². The van der Waals surface area contributed by atoms with Crippen LogP contribution in [0.2, 0.25) is 0 Å². The second-order valence-corrected chi connectivity index (χ2v) is 5.22. The van der Waals surface area contributed by atoms with Gasteiger partial charge in [0, 0.05) is 11.6 Å². The molecule has 0 fully saturated rings. The van der Waals surface area contributed by atoms with Crippen LogP contribution in [0.4, 0.5) is 0 Å². The van der Waals surface area contributed by atoms with E-state index in [2.05, 4.69) is 31.6 Å². The minimum atomic E-state index is -0.329. The van der Waals surface area contributed by atoms with Crippen LogP contribution >= 0.6 is 12.2 Å². The van der Waals surface area contributed by atoms with E-state index < -0.39 is 0 Å². The van der Waals surface area contributed by atoms with E-state index in [0.717, 1.165) is 5.56 Å². The van der Waals surface area contributed by atoms with Crippen LogP contribution in [0.1, 0.15) is 13.8 Å². The van der Waals surface area contributed by atoms with Crippen LogP contribution in [0.25, 0.3) is 11.4 Å². The van der Waals surface area contributed by atoms with E-state index in [1.54, 1.807) is 0 Å². The number of rotatable bonds is 4. The maximum Gasteiger partial charge on any atom is 0.262 e. The van der Waals surface area contributed by atoms with Crippen molar-refractivity contribution < 1.29 is 4.79 Å². The van der Waals surface area contributed by atoms with Crippen LogP contribution in [0.3, 0.4) is 0 Å². The Labute approximate surface area is 133 Å². The number of carbonyl (C=O) groups is 1. The lowest BCUT2D eigenvalue weighted by Crippen LogP contribution is -2.49. The Bertz CT molecular complexity index is 641. The maximum absolute atomic E-state index is 11.8. The average molecular weight is 319 g/mol. The highest BCUT2D eigenvalue weighted by molar-refractivity contribution is 7.80. The third-order valence-corrected chi connectivity index (χ3v) is 2.72. The fourth-order valence-corrected chi connectivity index (χ4v) is 1.89. The Hall–Kier alpha value is -2.55. The number of tetrazole rings is 1. The molecule has 3 N–H and O–H groups in total. The lowest BCUT2D eigenvalue weighted by molar-refractivity contribution is -0.122. The fraction of sp³-hybridized carbons (Fsp3) is 0.308. The summed E-state index contributed by atoms with van der Waals surface area (Å²) in [5.74, 6) is 0.142. The predicted octanol–water partition coefficient (Wildman–Crippen LogP) is 0.244. The molecule has 1 aromatic heterocycles. The third-order valence-electron chi connectivity index (χ3n) is 2.51. The summed E-state index contributed by atoms with van der Waals surface area (Å²) in [5, 5.41) is 15.2. The van der Waals surface area contributed by atoms with Crippen LogP contribution in [0.5, 0.6) is 0 Å². The summed E-state index contributed by atoms with van der Waals surface area (Å²) in [4.78, 5) is 13.0. The molecule has 2 rings (SSSR count). The molecule has 116 valence electrons. The molecule has 0 saturated carbocycles. The zero-order chi connectivity index (χ0) is 15.9. The number of nitrogens with one attached hydrogen (secondary N) is 3. The topological polar surface area (TPSA) is 96.8 Å². The number of carbonyl (C=O) groups excluding carboxylic acids is 1. The number of hydrazine groups is 1.